The van der Waals surface area contributed by atoms with Crippen LogP contribution < -0.4 is 11.1 Å². The summed E-state index contributed by atoms with van der Waals surface area (Å²) in [7, 11) is 1.58. The minimum absolute atomic E-state index is 0.0287. The van der Waals surface area contributed by atoms with Crippen molar-refractivity contribution in [2.75, 3.05) is 19.0 Å². The van der Waals surface area contributed by atoms with Crippen molar-refractivity contribution < 1.29 is 13.9 Å². The number of hydrogen-bond donors (Lipinski definition) is 2. The van der Waals surface area contributed by atoms with Gasteiger partial charge in [0.25, 0.3) is 5.91 Å². The second-order valence-corrected chi connectivity index (χ2v) is 5.30. The molecular weight excluding hydrogens is 309 g/mol. The van der Waals surface area contributed by atoms with Gasteiger partial charge in [-0.25, -0.2) is 9.37 Å². The Morgan fingerprint density at radius 2 is 2.21 bits per heavy atom. The third kappa shape index (κ3) is 3.89. The Labute approximate surface area is 140 Å². The van der Waals surface area contributed by atoms with E-state index >= 15 is 0 Å². The lowest BCUT2D eigenvalue weighted by molar-refractivity contribution is 0.0996. The zero-order chi connectivity index (χ0) is 17.7. The van der Waals surface area contributed by atoms with Gasteiger partial charge >= 0.3 is 0 Å². The first-order valence-electron chi connectivity index (χ1n) is 7.29. The van der Waals surface area contributed by atoms with Gasteiger partial charge in [0, 0.05) is 24.3 Å². The third-order valence-corrected chi connectivity index (χ3v) is 3.36. The predicted molar refractivity (Wildman–Crippen MR) is 91.0 cm³/mol. The van der Waals surface area contributed by atoms with Gasteiger partial charge in [-0.2, -0.15) is 0 Å². The number of nitrogens with two attached hydrogens (primary N) is 1. The van der Waals surface area contributed by atoms with Crippen molar-refractivity contribution in [3.8, 4) is 23.6 Å². The van der Waals surface area contributed by atoms with E-state index < -0.39 is 11.7 Å². The topological polar surface area (TPSA) is 77.2 Å². The summed E-state index contributed by atoms with van der Waals surface area (Å²) in [5, 5.41) is 3.09. The number of aromatic nitrogens is 1. The van der Waals surface area contributed by atoms with E-state index in [9.17, 15) is 9.18 Å². The van der Waals surface area contributed by atoms with E-state index in [0.29, 0.717) is 17.9 Å². The van der Waals surface area contributed by atoms with Crippen LogP contribution in [-0.2, 0) is 4.74 Å². The van der Waals surface area contributed by atoms with Gasteiger partial charge in [-0.05, 0) is 37.3 Å². The monoisotopic (exact) mass is 327 g/mol. The molecule has 1 aromatic heterocycles. The molecule has 1 heterocycles. The van der Waals surface area contributed by atoms with E-state index in [1.54, 1.807) is 19.2 Å². The molecule has 0 saturated heterocycles. The summed E-state index contributed by atoms with van der Waals surface area (Å²) >= 11 is 0. The lowest BCUT2D eigenvalue weighted by Crippen LogP contribution is -2.24. The number of carbonyl (C=O) groups excluding carboxylic acids is 1. The van der Waals surface area contributed by atoms with Crippen LogP contribution in [0.15, 0.2) is 30.3 Å². The molecule has 0 saturated carbocycles. The minimum atomic E-state index is -0.711. The number of carbonyl (C=O) groups is 1. The van der Waals surface area contributed by atoms with Gasteiger partial charge in [0.05, 0.1) is 18.0 Å². The quantitative estimate of drug-likeness (QED) is 0.799. The number of hydrogen-bond acceptors (Lipinski definition) is 4. The highest BCUT2D eigenvalue weighted by atomic mass is 19.1. The van der Waals surface area contributed by atoms with Gasteiger partial charge in [-0.15, -0.1) is 6.42 Å². The molecule has 0 aliphatic heterocycles. The molecule has 2 aromatic rings. The summed E-state index contributed by atoms with van der Waals surface area (Å²) in [6.45, 7) is 2.33. The number of anilines is 1. The Kier molecular flexibility index (Phi) is 5.51. The molecule has 0 spiro atoms. The van der Waals surface area contributed by atoms with Crippen LogP contribution in [0.25, 0.3) is 11.3 Å². The summed E-state index contributed by atoms with van der Waals surface area (Å²) in [6.07, 6.45) is 5.34. The Morgan fingerprint density at radius 1 is 1.46 bits per heavy atom. The van der Waals surface area contributed by atoms with E-state index in [4.69, 9.17) is 16.9 Å². The number of nitrogens with one attached hydrogen (secondary N) is 1. The van der Waals surface area contributed by atoms with Crippen LogP contribution in [0, 0.1) is 18.2 Å². The van der Waals surface area contributed by atoms with Crippen molar-refractivity contribution in [3.63, 3.8) is 0 Å². The Bertz CT molecular complexity index is 799. The number of methoxy groups -OCH3 is 1. The lowest BCUT2D eigenvalue weighted by Gasteiger charge is -2.16. The number of amides is 1. The summed E-state index contributed by atoms with van der Waals surface area (Å²) < 4.78 is 19.1. The van der Waals surface area contributed by atoms with Gasteiger partial charge in [0.2, 0.25) is 0 Å². The first kappa shape index (κ1) is 17.4. The molecule has 0 aliphatic carbocycles. The first-order chi connectivity index (χ1) is 11.5. The van der Waals surface area contributed by atoms with Gasteiger partial charge in [-0.1, -0.05) is 5.92 Å². The second-order valence-electron chi connectivity index (χ2n) is 5.30. The number of benzene rings is 1. The molecule has 0 aliphatic rings. The van der Waals surface area contributed by atoms with Crippen molar-refractivity contribution in [2.45, 2.75) is 13.0 Å². The van der Waals surface area contributed by atoms with Crippen molar-refractivity contribution in [2.24, 2.45) is 5.73 Å². The Hall–Kier alpha value is -2.91. The summed E-state index contributed by atoms with van der Waals surface area (Å²) in [4.78, 5) is 15.9. The minimum Gasteiger partial charge on any atom is -0.383 e. The summed E-state index contributed by atoms with van der Waals surface area (Å²) in [6, 6.07) is 7.45. The molecule has 5 nitrogen and oxygen atoms in total. The molecule has 1 atom stereocenters. The van der Waals surface area contributed by atoms with Crippen LogP contribution in [-0.4, -0.2) is 30.6 Å². The maximum absolute atomic E-state index is 14.1. The van der Waals surface area contributed by atoms with Gasteiger partial charge in [0.1, 0.15) is 5.82 Å². The smallest absolute Gasteiger partial charge is 0.269 e. The van der Waals surface area contributed by atoms with E-state index in [1.807, 2.05) is 6.92 Å². The van der Waals surface area contributed by atoms with E-state index in [-0.39, 0.29) is 23.0 Å². The van der Waals surface area contributed by atoms with E-state index in [2.05, 4.69) is 16.2 Å². The molecule has 2 rings (SSSR count). The van der Waals surface area contributed by atoms with Crippen LogP contribution in [0.4, 0.5) is 10.1 Å². The van der Waals surface area contributed by atoms with Gasteiger partial charge < -0.3 is 15.8 Å². The van der Waals surface area contributed by atoms with Crippen molar-refractivity contribution in [1.82, 2.24) is 4.98 Å². The highest BCUT2D eigenvalue weighted by Crippen LogP contribution is 2.25. The fourth-order valence-electron chi connectivity index (χ4n) is 2.28. The molecule has 6 heteroatoms. The molecule has 0 unspecified atom stereocenters. The van der Waals surface area contributed by atoms with Crippen molar-refractivity contribution >= 4 is 11.6 Å². The molecular formula is C18H18FN3O2. The second kappa shape index (κ2) is 7.57. The zero-order valence-electron chi connectivity index (χ0n) is 13.5. The van der Waals surface area contributed by atoms with Gasteiger partial charge in [0.15, 0.2) is 5.69 Å². The number of primary amides is 1. The molecule has 24 heavy (non-hydrogen) atoms. The molecule has 124 valence electrons. The van der Waals surface area contributed by atoms with Crippen LogP contribution in [0.2, 0.25) is 0 Å². The maximum Gasteiger partial charge on any atom is 0.269 e. The number of pyridine rings is 1. The standard InChI is InChI=1S/C18H18FN3O2/c1-4-12-5-6-14(19)13(9-12)15-7-8-16(17(22-15)18(20)23)21-11(2)10-24-3/h1,5-9,11,21H,10H2,2-3H3,(H2,20,23)/t11-/m0/s1. The maximum atomic E-state index is 14.1. The molecule has 1 amide bonds. The Morgan fingerprint density at radius 3 is 2.83 bits per heavy atom. The summed E-state index contributed by atoms with van der Waals surface area (Å²) in [5.41, 5.74) is 6.91. The average molecular weight is 327 g/mol. The number of ether oxygens (including phenoxy) is 1. The highest BCUT2D eigenvalue weighted by molar-refractivity contribution is 5.97. The predicted octanol–water partition coefficient (Wildman–Crippen LogP) is 2.41. The highest BCUT2D eigenvalue weighted by Gasteiger charge is 2.16. The summed E-state index contributed by atoms with van der Waals surface area (Å²) in [5.74, 6) is 1.25. The molecule has 1 aromatic carbocycles. The van der Waals surface area contributed by atoms with E-state index in [0.717, 1.165) is 0 Å². The third-order valence-electron chi connectivity index (χ3n) is 3.36. The van der Waals surface area contributed by atoms with Crippen LogP contribution in [0.3, 0.4) is 0 Å². The number of halogens is 1. The van der Waals surface area contributed by atoms with Crippen LogP contribution in [0.1, 0.15) is 23.0 Å². The first-order valence-corrected chi connectivity index (χ1v) is 7.29. The van der Waals surface area contributed by atoms with Crippen molar-refractivity contribution in [1.29, 1.82) is 0 Å². The van der Waals surface area contributed by atoms with Crippen molar-refractivity contribution in [3.05, 3.63) is 47.4 Å². The molecule has 0 bridgehead atoms. The number of rotatable bonds is 6. The van der Waals surface area contributed by atoms with Crippen LogP contribution >= 0.6 is 0 Å². The Balaban J connectivity index is 2.46. The van der Waals surface area contributed by atoms with E-state index in [1.165, 1.54) is 18.2 Å². The molecule has 3 N–H and O–H groups in total. The lowest BCUT2D eigenvalue weighted by atomic mass is 10.1. The van der Waals surface area contributed by atoms with Crippen LogP contribution in [0.5, 0.6) is 0 Å². The fourth-order valence-corrected chi connectivity index (χ4v) is 2.28. The fraction of sp³-hybridized carbons (Fsp3) is 0.222. The average Bonchev–Trinajstić information content (AvgIpc) is 2.56. The number of nitrogens with zero attached hydrogens (tertiary/aromatic N) is 1. The molecule has 0 radical (unpaired) electrons. The SMILES string of the molecule is C#Cc1ccc(F)c(-c2ccc(N[C@@H](C)COC)c(C(N)=O)n2)c1. The normalized spacial score (nSPS) is 11.6. The largest absolute Gasteiger partial charge is 0.383 e. The van der Waals surface area contributed by atoms with Gasteiger partial charge in [-0.3, -0.25) is 4.79 Å². The molecule has 0 fully saturated rings. The number of terminal acetylenes is 1. The zero-order valence-corrected chi connectivity index (χ0v) is 13.5.